The molecule has 0 bridgehead atoms. The molecular formula is C14H11ClF2O. The average molecular weight is 269 g/mol. The molecular weight excluding hydrogens is 258 g/mol. The minimum atomic E-state index is -1.21. The summed E-state index contributed by atoms with van der Waals surface area (Å²) in [7, 11) is 0. The van der Waals surface area contributed by atoms with Gasteiger partial charge in [0.2, 0.25) is 0 Å². The molecule has 0 aromatic heterocycles. The largest absolute Gasteiger partial charge is 0.383 e. The normalized spacial score (nSPS) is 12.5. The zero-order valence-corrected chi connectivity index (χ0v) is 10.4. The van der Waals surface area contributed by atoms with Crippen LogP contribution in [0.3, 0.4) is 0 Å². The van der Waals surface area contributed by atoms with Gasteiger partial charge in [-0.1, -0.05) is 29.8 Å². The highest BCUT2D eigenvalue weighted by Crippen LogP contribution is 2.30. The van der Waals surface area contributed by atoms with E-state index in [1.807, 2.05) is 6.92 Å². The maximum absolute atomic E-state index is 13.6. The SMILES string of the molecule is Cc1ccc(C(O)c2ccc(F)cc2F)c(Cl)c1. The molecule has 2 rings (SSSR count). The molecule has 1 nitrogen and oxygen atoms in total. The Morgan fingerprint density at radius 3 is 2.33 bits per heavy atom. The molecule has 0 amide bonds. The van der Waals surface area contributed by atoms with Gasteiger partial charge >= 0.3 is 0 Å². The van der Waals surface area contributed by atoms with Crippen molar-refractivity contribution in [3.63, 3.8) is 0 Å². The third kappa shape index (κ3) is 2.52. The van der Waals surface area contributed by atoms with Crippen molar-refractivity contribution >= 4 is 11.6 Å². The van der Waals surface area contributed by atoms with Crippen molar-refractivity contribution in [3.05, 3.63) is 69.7 Å². The zero-order valence-electron chi connectivity index (χ0n) is 9.62. The maximum atomic E-state index is 13.6. The van der Waals surface area contributed by atoms with Crippen LogP contribution in [0, 0.1) is 18.6 Å². The van der Waals surface area contributed by atoms with Crippen LogP contribution in [0.2, 0.25) is 5.02 Å². The molecule has 0 saturated carbocycles. The van der Waals surface area contributed by atoms with Crippen LogP contribution in [-0.2, 0) is 0 Å². The fourth-order valence-corrected chi connectivity index (χ4v) is 2.08. The van der Waals surface area contributed by atoms with E-state index in [1.165, 1.54) is 6.07 Å². The van der Waals surface area contributed by atoms with Crippen molar-refractivity contribution in [2.45, 2.75) is 13.0 Å². The molecule has 94 valence electrons. The molecule has 0 aliphatic rings. The molecule has 2 aromatic rings. The van der Waals surface area contributed by atoms with Gasteiger partial charge in [0, 0.05) is 22.2 Å². The Bertz CT molecular complexity index is 533. The number of aliphatic hydroxyl groups is 1. The first-order valence-electron chi connectivity index (χ1n) is 5.38. The lowest BCUT2D eigenvalue weighted by Gasteiger charge is -2.14. The molecule has 0 aliphatic carbocycles. The molecule has 4 heteroatoms. The molecule has 0 saturated heterocycles. The lowest BCUT2D eigenvalue weighted by Crippen LogP contribution is -2.04. The van der Waals surface area contributed by atoms with E-state index in [4.69, 9.17) is 11.6 Å². The summed E-state index contributed by atoms with van der Waals surface area (Å²) in [6.45, 7) is 1.86. The fourth-order valence-electron chi connectivity index (χ4n) is 1.74. The van der Waals surface area contributed by atoms with Gasteiger partial charge in [-0.2, -0.15) is 0 Å². The smallest absolute Gasteiger partial charge is 0.132 e. The fraction of sp³-hybridized carbons (Fsp3) is 0.143. The summed E-state index contributed by atoms with van der Waals surface area (Å²) < 4.78 is 26.4. The summed E-state index contributed by atoms with van der Waals surface area (Å²) in [5.74, 6) is -1.47. The predicted molar refractivity (Wildman–Crippen MR) is 66.6 cm³/mol. The quantitative estimate of drug-likeness (QED) is 0.873. The number of aryl methyl sites for hydroxylation is 1. The lowest BCUT2D eigenvalue weighted by molar-refractivity contribution is 0.215. The number of hydrogen-bond donors (Lipinski definition) is 1. The van der Waals surface area contributed by atoms with E-state index in [-0.39, 0.29) is 5.56 Å². The van der Waals surface area contributed by atoms with Gasteiger partial charge in [0.15, 0.2) is 0 Å². The third-order valence-electron chi connectivity index (χ3n) is 2.71. The number of aliphatic hydroxyl groups excluding tert-OH is 1. The summed E-state index contributed by atoms with van der Waals surface area (Å²) in [5.41, 5.74) is 1.34. The van der Waals surface area contributed by atoms with Gasteiger partial charge in [-0.3, -0.25) is 0 Å². The summed E-state index contributed by atoms with van der Waals surface area (Å²) in [6.07, 6.45) is -1.21. The van der Waals surface area contributed by atoms with Gasteiger partial charge in [0.1, 0.15) is 17.7 Å². The van der Waals surface area contributed by atoms with E-state index in [0.29, 0.717) is 10.6 Å². The number of benzene rings is 2. The van der Waals surface area contributed by atoms with Crippen molar-refractivity contribution in [1.29, 1.82) is 0 Å². The van der Waals surface area contributed by atoms with Gasteiger partial charge < -0.3 is 5.11 Å². The Morgan fingerprint density at radius 1 is 1.06 bits per heavy atom. The van der Waals surface area contributed by atoms with Crippen molar-refractivity contribution in [2.75, 3.05) is 0 Å². The lowest BCUT2D eigenvalue weighted by atomic mass is 10.00. The average Bonchev–Trinajstić information content (AvgIpc) is 2.28. The van der Waals surface area contributed by atoms with Gasteiger partial charge in [0.05, 0.1) is 0 Å². The van der Waals surface area contributed by atoms with Crippen molar-refractivity contribution in [3.8, 4) is 0 Å². The van der Waals surface area contributed by atoms with Crippen LogP contribution in [0.15, 0.2) is 36.4 Å². The summed E-state index contributed by atoms with van der Waals surface area (Å²) in [4.78, 5) is 0. The van der Waals surface area contributed by atoms with Crippen LogP contribution in [-0.4, -0.2) is 5.11 Å². The van der Waals surface area contributed by atoms with E-state index in [0.717, 1.165) is 17.7 Å². The first-order chi connectivity index (χ1) is 8.49. The minimum Gasteiger partial charge on any atom is -0.383 e. The third-order valence-corrected chi connectivity index (χ3v) is 3.03. The highest BCUT2D eigenvalue weighted by atomic mass is 35.5. The summed E-state index contributed by atoms with van der Waals surface area (Å²) in [6, 6.07) is 8.13. The van der Waals surface area contributed by atoms with Crippen molar-refractivity contribution < 1.29 is 13.9 Å². The monoisotopic (exact) mass is 268 g/mol. The Balaban J connectivity index is 2.44. The minimum absolute atomic E-state index is 0.00199. The molecule has 0 fully saturated rings. The first kappa shape index (κ1) is 13.0. The van der Waals surface area contributed by atoms with Gasteiger partial charge in [-0.05, 0) is 24.6 Å². The van der Waals surface area contributed by atoms with Gasteiger partial charge in [-0.25, -0.2) is 8.78 Å². The Kier molecular flexibility index (Phi) is 3.64. The van der Waals surface area contributed by atoms with E-state index in [9.17, 15) is 13.9 Å². The van der Waals surface area contributed by atoms with Crippen molar-refractivity contribution in [1.82, 2.24) is 0 Å². The molecule has 2 aromatic carbocycles. The van der Waals surface area contributed by atoms with Crippen LogP contribution < -0.4 is 0 Å². The molecule has 0 radical (unpaired) electrons. The van der Waals surface area contributed by atoms with E-state index < -0.39 is 17.7 Å². The highest BCUT2D eigenvalue weighted by molar-refractivity contribution is 6.31. The summed E-state index contributed by atoms with van der Waals surface area (Å²) in [5, 5.41) is 10.4. The molecule has 0 heterocycles. The number of hydrogen-bond acceptors (Lipinski definition) is 1. The number of halogens is 3. The molecule has 1 atom stereocenters. The Morgan fingerprint density at radius 2 is 1.72 bits per heavy atom. The molecule has 1 unspecified atom stereocenters. The van der Waals surface area contributed by atoms with Crippen LogP contribution in [0.4, 0.5) is 8.78 Å². The Labute approximate surface area is 109 Å². The molecule has 1 N–H and O–H groups in total. The van der Waals surface area contributed by atoms with Crippen LogP contribution >= 0.6 is 11.6 Å². The van der Waals surface area contributed by atoms with Crippen LogP contribution in [0.25, 0.3) is 0 Å². The van der Waals surface area contributed by atoms with Crippen molar-refractivity contribution in [2.24, 2.45) is 0 Å². The Hall–Kier alpha value is -1.45. The van der Waals surface area contributed by atoms with Crippen LogP contribution in [0.1, 0.15) is 22.8 Å². The topological polar surface area (TPSA) is 20.2 Å². The number of rotatable bonds is 2. The predicted octanol–water partition coefficient (Wildman–Crippen LogP) is 4.01. The standard InChI is InChI=1S/C14H11ClF2O/c1-8-2-4-10(12(15)6-8)14(18)11-5-3-9(16)7-13(11)17/h2-7,14,18H,1H3. The van der Waals surface area contributed by atoms with Gasteiger partial charge in [0.25, 0.3) is 0 Å². The second-order valence-electron chi connectivity index (χ2n) is 4.09. The van der Waals surface area contributed by atoms with E-state index in [1.54, 1.807) is 18.2 Å². The second-order valence-corrected chi connectivity index (χ2v) is 4.50. The van der Waals surface area contributed by atoms with Gasteiger partial charge in [-0.15, -0.1) is 0 Å². The maximum Gasteiger partial charge on any atom is 0.132 e. The highest BCUT2D eigenvalue weighted by Gasteiger charge is 2.18. The van der Waals surface area contributed by atoms with E-state index in [2.05, 4.69) is 0 Å². The zero-order chi connectivity index (χ0) is 13.3. The summed E-state index contributed by atoms with van der Waals surface area (Å²) >= 11 is 6.00. The molecule has 0 aliphatic heterocycles. The molecule has 0 spiro atoms. The van der Waals surface area contributed by atoms with E-state index >= 15 is 0 Å². The first-order valence-corrected chi connectivity index (χ1v) is 5.76. The second kappa shape index (κ2) is 5.04. The van der Waals surface area contributed by atoms with Crippen LogP contribution in [0.5, 0.6) is 0 Å². The molecule has 18 heavy (non-hydrogen) atoms.